The Morgan fingerprint density at radius 3 is 2.83 bits per heavy atom. The molecule has 1 aromatic carbocycles. The molecule has 24 heavy (non-hydrogen) atoms. The van der Waals surface area contributed by atoms with Gasteiger partial charge in [-0.2, -0.15) is 5.10 Å². The highest BCUT2D eigenvalue weighted by molar-refractivity contribution is 6.05. The summed E-state index contributed by atoms with van der Waals surface area (Å²) in [5, 5.41) is 14.4. The van der Waals surface area contributed by atoms with Crippen molar-refractivity contribution in [1.29, 1.82) is 0 Å². The number of pyridine rings is 1. The molecule has 0 radical (unpaired) electrons. The minimum atomic E-state index is -0.114. The Kier molecular flexibility index (Phi) is 3.96. The second-order valence-corrected chi connectivity index (χ2v) is 6.07. The van der Waals surface area contributed by atoms with Crippen molar-refractivity contribution in [3.8, 4) is 11.1 Å². The first-order valence-corrected chi connectivity index (χ1v) is 8.21. The maximum Gasteiger partial charge on any atom is 0.272 e. The van der Waals surface area contributed by atoms with Gasteiger partial charge in [-0.05, 0) is 49.7 Å². The van der Waals surface area contributed by atoms with Gasteiger partial charge in [0.25, 0.3) is 5.91 Å². The summed E-state index contributed by atoms with van der Waals surface area (Å²) in [6.07, 6.45) is 5.47. The number of amides is 1. The number of aromatic nitrogens is 3. The zero-order chi connectivity index (χ0) is 16.4. The van der Waals surface area contributed by atoms with E-state index in [0.29, 0.717) is 5.69 Å². The summed E-state index contributed by atoms with van der Waals surface area (Å²) in [6, 6.07) is 10.1. The molecular weight excluding hydrogens is 302 g/mol. The maximum atomic E-state index is 12.6. The molecule has 6 heteroatoms. The normalized spacial score (nSPS) is 15.5. The number of aromatic amines is 1. The zero-order valence-corrected chi connectivity index (χ0v) is 13.2. The largest absolute Gasteiger partial charge is 0.348 e. The number of hydrogen-bond donors (Lipinski definition) is 3. The second-order valence-electron chi connectivity index (χ2n) is 6.07. The van der Waals surface area contributed by atoms with Gasteiger partial charge in [0.1, 0.15) is 0 Å². The van der Waals surface area contributed by atoms with Crippen LogP contribution in [0.3, 0.4) is 0 Å². The van der Waals surface area contributed by atoms with Crippen LogP contribution in [-0.2, 0) is 0 Å². The van der Waals surface area contributed by atoms with Crippen LogP contribution in [-0.4, -0.2) is 40.2 Å². The third-order valence-corrected chi connectivity index (χ3v) is 4.45. The lowest BCUT2D eigenvalue weighted by Crippen LogP contribution is -2.42. The highest BCUT2D eigenvalue weighted by Gasteiger charge is 2.20. The van der Waals surface area contributed by atoms with Crippen molar-refractivity contribution in [2.24, 2.45) is 0 Å². The van der Waals surface area contributed by atoms with Gasteiger partial charge in [-0.25, -0.2) is 0 Å². The lowest BCUT2D eigenvalue weighted by molar-refractivity contribution is 0.0926. The Morgan fingerprint density at radius 2 is 2.04 bits per heavy atom. The summed E-state index contributed by atoms with van der Waals surface area (Å²) in [5.41, 5.74) is 3.35. The molecule has 1 aliphatic heterocycles. The zero-order valence-electron chi connectivity index (χ0n) is 13.2. The minimum Gasteiger partial charge on any atom is -0.348 e. The number of hydrogen-bond acceptors (Lipinski definition) is 4. The van der Waals surface area contributed by atoms with Crippen LogP contribution in [0, 0.1) is 0 Å². The molecule has 122 valence electrons. The number of rotatable bonds is 3. The van der Waals surface area contributed by atoms with E-state index in [1.54, 1.807) is 6.20 Å². The molecule has 4 rings (SSSR count). The van der Waals surface area contributed by atoms with Gasteiger partial charge in [0.05, 0.1) is 5.52 Å². The van der Waals surface area contributed by atoms with Crippen molar-refractivity contribution in [3.63, 3.8) is 0 Å². The van der Waals surface area contributed by atoms with Crippen LogP contribution in [0.5, 0.6) is 0 Å². The van der Waals surface area contributed by atoms with Crippen LogP contribution < -0.4 is 10.6 Å². The quantitative estimate of drug-likeness (QED) is 0.690. The van der Waals surface area contributed by atoms with Crippen LogP contribution in [0.2, 0.25) is 0 Å². The van der Waals surface area contributed by atoms with Crippen LogP contribution in [0.25, 0.3) is 22.0 Å². The van der Waals surface area contributed by atoms with E-state index in [2.05, 4.69) is 25.8 Å². The van der Waals surface area contributed by atoms with E-state index in [1.165, 1.54) is 0 Å². The number of benzene rings is 1. The molecule has 0 spiro atoms. The molecule has 6 nitrogen and oxygen atoms in total. The van der Waals surface area contributed by atoms with Crippen molar-refractivity contribution in [1.82, 2.24) is 25.8 Å². The summed E-state index contributed by atoms with van der Waals surface area (Å²) in [7, 11) is 0. The molecule has 1 aliphatic rings. The monoisotopic (exact) mass is 321 g/mol. The lowest BCUT2D eigenvalue weighted by atomic mass is 10.0. The molecule has 1 saturated heterocycles. The molecule has 3 heterocycles. The molecule has 3 aromatic rings. The molecule has 0 atom stereocenters. The second kappa shape index (κ2) is 6.41. The van der Waals surface area contributed by atoms with Crippen molar-refractivity contribution in [2.75, 3.05) is 13.1 Å². The SMILES string of the molecule is O=C(NC1CCNCC1)c1n[nH]c2ccc(-c3cccnc3)cc12. The Hall–Kier alpha value is -2.73. The van der Waals surface area contributed by atoms with E-state index < -0.39 is 0 Å². The molecule has 0 saturated carbocycles. The highest BCUT2D eigenvalue weighted by atomic mass is 16.2. The highest BCUT2D eigenvalue weighted by Crippen LogP contribution is 2.25. The average molecular weight is 321 g/mol. The van der Waals surface area contributed by atoms with Crippen LogP contribution in [0.15, 0.2) is 42.7 Å². The fourth-order valence-corrected chi connectivity index (χ4v) is 3.12. The van der Waals surface area contributed by atoms with Crippen molar-refractivity contribution >= 4 is 16.8 Å². The fourth-order valence-electron chi connectivity index (χ4n) is 3.12. The molecule has 0 aliphatic carbocycles. The summed E-state index contributed by atoms with van der Waals surface area (Å²) >= 11 is 0. The Balaban J connectivity index is 1.64. The Labute approximate surface area is 139 Å². The number of carbonyl (C=O) groups is 1. The smallest absolute Gasteiger partial charge is 0.272 e. The predicted octanol–water partition coefficient (Wildman–Crippen LogP) is 2.11. The van der Waals surface area contributed by atoms with Crippen molar-refractivity contribution < 1.29 is 4.79 Å². The fraction of sp³-hybridized carbons (Fsp3) is 0.278. The van der Waals surface area contributed by atoms with Gasteiger partial charge in [-0.1, -0.05) is 12.1 Å². The Bertz CT molecular complexity index is 852. The summed E-state index contributed by atoms with van der Waals surface area (Å²) in [6.45, 7) is 1.88. The molecule has 1 fully saturated rings. The first-order chi connectivity index (χ1) is 11.8. The van der Waals surface area contributed by atoms with Gasteiger partial charge in [0, 0.05) is 29.4 Å². The minimum absolute atomic E-state index is 0.114. The average Bonchev–Trinajstić information content (AvgIpc) is 3.06. The van der Waals surface area contributed by atoms with Gasteiger partial charge < -0.3 is 10.6 Å². The number of fused-ring (bicyclic) bond motifs is 1. The third kappa shape index (κ3) is 2.88. The topological polar surface area (TPSA) is 82.7 Å². The van der Waals surface area contributed by atoms with E-state index in [4.69, 9.17) is 0 Å². The summed E-state index contributed by atoms with van der Waals surface area (Å²) in [4.78, 5) is 16.8. The van der Waals surface area contributed by atoms with E-state index in [1.807, 2.05) is 36.5 Å². The third-order valence-electron chi connectivity index (χ3n) is 4.45. The molecular formula is C18H19N5O. The summed E-state index contributed by atoms with van der Waals surface area (Å²) < 4.78 is 0. The number of H-pyrrole nitrogens is 1. The van der Waals surface area contributed by atoms with E-state index in [-0.39, 0.29) is 11.9 Å². The molecule has 1 amide bonds. The van der Waals surface area contributed by atoms with Crippen molar-refractivity contribution in [3.05, 3.63) is 48.4 Å². The number of piperidine rings is 1. The molecule has 3 N–H and O–H groups in total. The Morgan fingerprint density at radius 1 is 1.17 bits per heavy atom. The lowest BCUT2D eigenvalue weighted by Gasteiger charge is -2.23. The van der Waals surface area contributed by atoms with Gasteiger partial charge in [0.15, 0.2) is 5.69 Å². The summed E-state index contributed by atoms with van der Waals surface area (Å²) in [5.74, 6) is -0.114. The van der Waals surface area contributed by atoms with Gasteiger partial charge in [-0.15, -0.1) is 0 Å². The number of carbonyl (C=O) groups excluding carboxylic acids is 1. The van der Waals surface area contributed by atoms with Crippen LogP contribution in [0.1, 0.15) is 23.3 Å². The van der Waals surface area contributed by atoms with Gasteiger partial charge in [-0.3, -0.25) is 14.9 Å². The first-order valence-electron chi connectivity index (χ1n) is 8.21. The standard InChI is InChI=1S/C18H19N5O/c24-18(21-14-5-8-19-9-6-14)17-15-10-12(3-4-16(15)22-23-17)13-2-1-7-20-11-13/h1-4,7,10-11,14,19H,5-6,8-9H2,(H,21,24)(H,22,23). The maximum absolute atomic E-state index is 12.6. The first kappa shape index (κ1) is 14.8. The van der Waals surface area contributed by atoms with Gasteiger partial charge >= 0.3 is 0 Å². The van der Waals surface area contributed by atoms with E-state index in [9.17, 15) is 4.79 Å². The van der Waals surface area contributed by atoms with Crippen molar-refractivity contribution in [2.45, 2.75) is 18.9 Å². The molecule has 2 aromatic heterocycles. The molecule has 0 unspecified atom stereocenters. The number of nitrogens with one attached hydrogen (secondary N) is 3. The predicted molar refractivity (Wildman–Crippen MR) is 92.7 cm³/mol. The van der Waals surface area contributed by atoms with E-state index >= 15 is 0 Å². The van der Waals surface area contributed by atoms with E-state index in [0.717, 1.165) is 48.0 Å². The van der Waals surface area contributed by atoms with Gasteiger partial charge in [0.2, 0.25) is 0 Å². The molecule has 0 bridgehead atoms. The van der Waals surface area contributed by atoms with Crippen LogP contribution >= 0.6 is 0 Å². The number of nitrogens with zero attached hydrogens (tertiary/aromatic N) is 2. The van der Waals surface area contributed by atoms with Crippen LogP contribution in [0.4, 0.5) is 0 Å².